The van der Waals surface area contributed by atoms with E-state index >= 15 is 0 Å². The van der Waals surface area contributed by atoms with Crippen molar-refractivity contribution in [3.63, 3.8) is 0 Å². The number of methoxy groups -OCH3 is 1. The average molecular weight is 367 g/mol. The number of nitrogens with zero attached hydrogens (tertiary/aromatic N) is 2. The van der Waals surface area contributed by atoms with Gasteiger partial charge in [-0.2, -0.15) is 0 Å². The molecule has 2 aromatic heterocycles. The molecule has 0 aliphatic carbocycles. The van der Waals surface area contributed by atoms with E-state index in [9.17, 15) is 9.59 Å². The molecule has 1 amide bonds. The van der Waals surface area contributed by atoms with Gasteiger partial charge in [-0.3, -0.25) is 9.59 Å². The standard InChI is InChI=1S/C20H21N3O4/c1-26-18-12-27-17(10-16(18)24)20(25)23-8-4-5-13(11-23)9-19-21-14-6-2-3-7-15(14)22-19/h2-3,6-7,10,12-13H,4-5,8-9,11H2,1H3,(H,21,22)/t13-/m0/s1. The van der Waals surface area contributed by atoms with Crippen LogP contribution in [0.4, 0.5) is 0 Å². The van der Waals surface area contributed by atoms with Gasteiger partial charge in [0.05, 0.1) is 18.1 Å². The van der Waals surface area contributed by atoms with Crippen LogP contribution in [0.2, 0.25) is 0 Å². The zero-order valence-corrected chi connectivity index (χ0v) is 15.1. The number of aromatic amines is 1. The lowest BCUT2D eigenvalue weighted by molar-refractivity contribution is 0.0637. The second-order valence-corrected chi connectivity index (χ2v) is 6.84. The van der Waals surface area contributed by atoms with E-state index in [0.717, 1.165) is 36.1 Å². The Morgan fingerprint density at radius 3 is 3.04 bits per heavy atom. The Morgan fingerprint density at radius 2 is 2.26 bits per heavy atom. The van der Waals surface area contributed by atoms with Crippen molar-refractivity contribution < 1.29 is 13.9 Å². The molecule has 7 nitrogen and oxygen atoms in total. The van der Waals surface area contributed by atoms with Gasteiger partial charge in [-0.1, -0.05) is 12.1 Å². The van der Waals surface area contributed by atoms with Crippen LogP contribution in [0, 0.1) is 5.92 Å². The Morgan fingerprint density at radius 1 is 1.41 bits per heavy atom. The topological polar surface area (TPSA) is 88.4 Å². The Hall–Kier alpha value is -3.09. The SMILES string of the molecule is COc1coc(C(=O)N2CCC[C@@H](Cc3nc4ccccc4[nH]3)C2)cc1=O. The summed E-state index contributed by atoms with van der Waals surface area (Å²) in [7, 11) is 1.39. The fourth-order valence-corrected chi connectivity index (χ4v) is 3.61. The zero-order valence-electron chi connectivity index (χ0n) is 15.1. The third-order valence-corrected chi connectivity index (χ3v) is 4.96. The molecular formula is C20H21N3O4. The van der Waals surface area contributed by atoms with Crippen molar-refractivity contribution in [2.45, 2.75) is 19.3 Å². The molecule has 1 aliphatic heterocycles. The van der Waals surface area contributed by atoms with E-state index in [2.05, 4.69) is 9.97 Å². The molecule has 0 saturated carbocycles. The van der Waals surface area contributed by atoms with Crippen molar-refractivity contribution in [3.8, 4) is 5.75 Å². The number of H-pyrrole nitrogens is 1. The molecule has 3 heterocycles. The van der Waals surface area contributed by atoms with E-state index in [1.165, 1.54) is 19.4 Å². The van der Waals surface area contributed by atoms with Crippen LogP contribution in [0.15, 0.2) is 45.8 Å². The van der Waals surface area contributed by atoms with Crippen molar-refractivity contribution in [2.75, 3.05) is 20.2 Å². The van der Waals surface area contributed by atoms with Gasteiger partial charge in [0.15, 0.2) is 5.76 Å². The van der Waals surface area contributed by atoms with Gasteiger partial charge < -0.3 is 19.0 Å². The summed E-state index contributed by atoms with van der Waals surface area (Å²) in [5, 5.41) is 0. The van der Waals surface area contributed by atoms with Crippen molar-refractivity contribution in [2.24, 2.45) is 5.92 Å². The summed E-state index contributed by atoms with van der Waals surface area (Å²) < 4.78 is 10.2. The first-order valence-corrected chi connectivity index (χ1v) is 9.04. The Labute approximate surface area is 156 Å². The minimum atomic E-state index is -0.358. The number of imidazole rings is 1. The molecule has 1 aliphatic rings. The number of fused-ring (bicyclic) bond motifs is 1. The lowest BCUT2D eigenvalue weighted by Crippen LogP contribution is -2.40. The number of hydrogen-bond donors (Lipinski definition) is 1. The molecule has 1 fully saturated rings. The van der Waals surface area contributed by atoms with Crippen LogP contribution in [-0.4, -0.2) is 41.0 Å². The maximum Gasteiger partial charge on any atom is 0.289 e. The van der Waals surface area contributed by atoms with E-state index < -0.39 is 0 Å². The summed E-state index contributed by atoms with van der Waals surface area (Å²) in [4.78, 5) is 34.3. The van der Waals surface area contributed by atoms with Crippen molar-refractivity contribution in [3.05, 3.63) is 58.4 Å². The molecule has 3 aromatic rings. The Bertz CT molecular complexity index is 990. The fraction of sp³-hybridized carbons (Fsp3) is 0.350. The van der Waals surface area contributed by atoms with E-state index in [1.807, 2.05) is 24.3 Å². The van der Waals surface area contributed by atoms with Gasteiger partial charge in [0.25, 0.3) is 5.91 Å². The van der Waals surface area contributed by atoms with Crippen molar-refractivity contribution in [1.82, 2.24) is 14.9 Å². The van der Waals surface area contributed by atoms with Crippen molar-refractivity contribution >= 4 is 16.9 Å². The zero-order chi connectivity index (χ0) is 18.8. The summed E-state index contributed by atoms with van der Waals surface area (Å²) in [6.45, 7) is 1.27. The van der Waals surface area contributed by atoms with Crippen LogP contribution in [0.3, 0.4) is 0 Å². The van der Waals surface area contributed by atoms with Gasteiger partial charge in [0.1, 0.15) is 12.1 Å². The number of nitrogens with one attached hydrogen (secondary N) is 1. The van der Waals surface area contributed by atoms with Gasteiger partial charge in [0, 0.05) is 25.6 Å². The second-order valence-electron chi connectivity index (χ2n) is 6.84. The highest BCUT2D eigenvalue weighted by molar-refractivity contribution is 5.91. The highest BCUT2D eigenvalue weighted by atomic mass is 16.5. The minimum Gasteiger partial charge on any atom is -0.490 e. The monoisotopic (exact) mass is 367 g/mol. The number of piperidine rings is 1. The van der Waals surface area contributed by atoms with Crippen LogP contribution in [0.1, 0.15) is 29.2 Å². The fourth-order valence-electron chi connectivity index (χ4n) is 3.61. The second kappa shape index (κ2) is 7.26. The largest absolute Gasteiger partial charge is 0.490 e. The average Bonchev–Trinajstić information content (AvgIpc) is 3.09. The number of hydrogen-bond acceptors (Lipinski definition) is 5. The lowest BCUT2D eigenvalue weighted by atomic mass is 9.94. The predicted molar refractivity (Wildman–Crippen MR) is 100.0 cm³/mol. The van der Waals surface area contributed by atoms with Crippen LogP contribution in [0.25, 0.3) is 11.0 Å². The maximum atomic E-state index is 12.7. The molecule has 140 valence electrons. The maximum absolute atomic E-state index is 12.7. The number of carbonyl (C=O) groups is 1. The number of likely N-dealkylation sites (tertiary alicyclic amines) is 1. The van der Waals surface area contributed by atoms with Crippen LogP contribution in [-0.2, 0) is 6.42 Å². The molecule has 7 heteroatoms. The molecule has 0 radical (unpaired) electrons. The number of carbonyl (C=O) groups excluding carboxylic acids is 1. The number of ether oxygens (including phenoxy) is 1. The summed E-state index contributed by atoms with van der Waals surface area (Å²) >= 11 is 0. The number of para-hydroxylation sites is 2. The van der Waals surface area contributed by atoms with E-state index in [-0.39, 0.29) is 22.8 Å². The van der Waals surface area contributed by atoms with Gasteiger partial charge in [-0.15, -0.1) is 0 Å². The number of rotatable bonds is 4. The highest BCUT2D eigenvalue weighted by Crippen LogP contribution is 2.22. The molecule has 0 bridgehead atoms. The summed E-state index contributed by atoms with van der Waals surface area (Å²) in [5.74, 6) is 1.13. The van der Waals surface area contributed by atoms with Gasteiger partial charge >= 0.3 is 0 Å². The summed E-state index contributed by atoms with van der Waals surface area (Å²) in [6.07, 6.45) is 3.92. The molecular weight excluding hydrogens is 346 g/mol. The summed E-state index contributed by atoms with van der Waals surface area (Å²) in [6, 6.07) is 9.14. The van der Waals surface area contributed by atoms with E-state index in [0.29, 0.717) is 19.0 Å². The molecule has 1 atom stereocenters. The smallest absolute Gasteiger partial charge is 0.289 e. The van der Waals surface area contributed by atoms with E-state index in [1.54, 1.807) is 4.90 Å². The Balaban J connectivity index is 1.46. The number of benzene rings is 1. The van der Waals surface area contributed by atoms with Crippen LogP contribution in [0.5, 0.6) is 5.75 Å². The first-order chi connectivity index (χ1) is 13.1. The summed E-state index contributed by atoms with van der Waals surface area (Å²) in [5.41, 5.74) is 1.62. The predicted octanol–water partition coefficient (Wildman–Crippen LogP) is 2.62. The van der Waals surface area contributed by atoms with Crippen LogP contribution < -0.4 is 10.2 Å². The van der Waals surface area contributed by atoms with Crippen molar-refractivity contribution in [1.29, 1.82) is 0 Å². The third-order valence-electron chi connectivity index (χ3n) is 4.96. The molecule has 27 heavy (non-hydrogen) atoms. The molecule has 0 unspecified atom stereocenters. The van der Waals surface area contributed by atoms with Gasteiger partial charge in [-0.05, 0) is 30.9 Å². The molecule has 0 spiro atoms. The quantitative estimate of drug-likeness (QED) is 0.766. The van der Waals surface area contributed by atoms with E-state index in [4.69, 9.17) is 9.15 Å². The lowest BCUT2D eigenvalue weighted by Gasteiger charge is -2.32. The van der Waals surface area contributed by atoms with Gasteiger partial charge in [-0.25, -0.2) is 4.98 Å². The number of amides is 1. The molecule has 1 saturated heterocycles. The van der Waals surface area contributed by atoms with Crippen LogP contribution >= 0.6 is 0 Å². The highest BCUT2D eigenvalue weighted by Gasteiger charge is 2.27. The molecule has 1 N–H and O–H groups in total. The molecule has 1 aromatic carbocycles. The number of aromatic nitrogens is 2. The Kier molecular flexibility index (Phi) is 4.66. The minimum absolute atomic E-state index is 0.0465. The van der Waals surface area contributed by atoms with Gasteiger partial charge in [0.2, 0.25) is 11.2 Å². The molecule has 4 rings (SSSR count). The normalized spacial score (nSPS) is 17.2. The first kappa shape index (κ1) is 17.3. The first-order valence-electron chi connectivity index (χ1n) is 9.04. The third kappa shape index (κ3) is 3.58.